The standard InChI is InChI=1S/C69H52N2/c1-6-16-50-41(11-1)42-12-2-7-17-51(42)68(50)52-18-8-3-13-43(52)47-32-48-57-55-38-25-33-21-34(26-38)24-37(23-33)46(55)31-49-60-44-14-4-9-19-53(44)69(60)54-20-10-5-15-45(54)62(69)64-67-58(59(61(47)68)65(48)71(67)66(49)57)56-39-27-35-22-36(28-39)30-40(29-35)63(56)70-64/h1-20,31-40,60,62H,21-30H2. The second-order valence-corrected chi connectivity index (χ2v) is 25.5. The highest BCUT2D eigenvalue weighted by molar-refractivity contribution is 6.30. The van der Waals surface area contributed by atoms with Crippen LogP contribution in [0.4, 0.5) is 0 Å². The number of rotatable bonds is 0. The van der Waals surface area contributed by atoms with Gasteiger partial charge in [0.1, 0.15) is 0 Å². The monoisotopic (exact) mass is 908 g/mol. The molecule has 4 fully saturated rings. The molecular weight excluding hydrogens is 857 g/mol. The van der Waals surface area contributed by atoms with E-state index in [4.69, 9.17) is 4.98 Å². The van der Waals surface area contributed by atoms with Gasteiger partial charge in [-0.1, -0.05) is 127 Å². The molecule has 71 heavy (non-hydrogen) atoms. The van der Waals surface area contributed by atoms with E-state index < -0.39 is 5.41 Å². The Kier molecular flexibility index (Phi) is 5.93. The molecule has 7 atom stereocenters. The Morgan fingerprint density at radius 2 is 0.901 bits per heavy atom. The number of hydrogen-bond donors (Lipinski definition) is 0. The molecule has 2 heteroatoms. The zero-order valence-electron chi connectivity index (χ0n) is 39.9. The van der Waals surface area contributed by atoms with Crippen LogP contribution < -0.4 is 0 Å². The summed E-state index contributed by atoms with van der Waals surface area (Å²) in [5.74, 6) is 6.12. The number of nitrogens with zero attached hydrogens (tertiary/aromatic N) is 2. The van der Waals surface area contributed by atoms with Gasteiger partial charge in [-0.15, -0.1) is 0 Å². The smallest absolute Gasteiger partial charge is 0.0767 e. The molecule has 3 aromatic heterocycles. The molecule has 7 unspecified atom stereocenters. The van der Waals surface area contributed by atoms with Crippen molar-refractivity contribution in [2.45, 2.75) is 111 Å². The highest BCUT2D eigenvalue weighted by Crippen LogP contribution is 2.76. The van der Waals surface area contributed by atoms with Crippen LogP contribution in [0.15, 0.2) is 133 Å². The first-order valence-electron chi connectivity index (χ1n) is 28.0. The molecule has 12 aliphatic carbocycles. The van der Waals surface area contributed by atoms with Crippen molar-refractivity contribution in [1.82, 2.24) is 9.38 Å². The minimum absolute atomic E-state index is 0.155. The molecule has 0 amide bonds. The Morgan fingerprint density at radius 3 is 1.54 bits per heavy atom. The molecule has 0 radical (unpaired) electrons. The lowest BCUT2D eigenvalue weighted by Gasteiger charge is -2.63. The second-order valence-electron chi connectivity index (χ2n) is 25.5. The highest BCUT2D eigenvalue weighted by Gasteiger charge is 2.67. The number of hydrogen-bond acceptors (Lipinski definition) is 1. The molecular formula is C69H52N2. The summed E-state index contributed by atoms with van der Waals surface area (Å²) in [6.07, 6.45) is 13.7. The van der Waals surface area contributed by atoms with E-state index in [1.54, 1.807) is 71.6 Å². The number of pyridine rings is 1. The number of aromatic nitrogens is 2. The molecule has 2 nitrogen and oxygen atoms in total. The number of fused-ring (bicyclic) bond motifs is 19. The maximum atomic E-state index is 6.53. The summed E-state index contributed by atoms with van der Waals surface area (Å²) in [7, 11) is 0. The van der Waals surface area contributed by atoms with Crippen LogP contribution in [0.1, 0.15) is 178 Å². The molecule has 0 N–H and O–H groups in total. The van der Waals surface area contributed by atoms with Crippen LogP contribution >= 0.6 is 0 Å². The molecule has 2 spiro atoms. The zero-order chi connectivity index (χ0) is 45.1. The minimum atomic E-state index is -0.443. The molecule has 1 aliphatic heterocycles. The summed E-state index contributed by atoms with van der Waals surface area (Å²) < 4.78 is 3.01. The third kappa shape index (κ3) is 3.65. The first-order valence-corrected chi connectivity index (χ1v) is 28.0. The summed E-state index contributed by atoms with van der Waals surface area (Å²) in [5.41, 5.74) is 31.6. The third-order valence-corrected chi connectivity index (χ3v) is 23.0. The van der Waals surface area contributed by atoms with Gasteiger partial charge in [-0.2, -0.15) is 0 Å². The van der Waals surface area contributed by atoms with Crippen LogP contribution in [0.2, 0.25) is 0 Å². The summed E-state index contributed by atoms with van der Waals surface area (Å²) in [6.45, 7) is 0. The molecule has 4 heterocycles. The van der Waals surface area contributed by atoms with Crippen LogP contribution in [0.5, 0.6) is 0 Å². The zero-order valence-corrected chi connectivity index (χ0v) is 39.9. The molecule has 338 valence electrons. The van der Waals surface area contributed by atoms with Crippen molar-refractivity contribution in [3.8, 4) is 22.3 Å². The first kappa shape index (κ1) is 36.4. The fourth-order valence-corrected chi connectivity index (χ4v) is 21.5. The Balaban J connectivity index is 1.06. The van der Waals surface area contributed by atoms with Gasteiger partial charge in [-0.3, -0.25) is 4.98 Å². The van der Waals surface area contributed by atoms with Crippen LogP contribution in [0.25, 0.3) is 60.3 Å². The van der Waals surface area contributed by atoms with E-state index in [1.165, 1.54) is 131 Å². The molecule has 7 aromatic carbocycles. The topological polar surface area (TPSA) is 17.3 Å². The van der Waals surface area contributed by atoms with Gasteiger partial charge < -0.3 is 4.40 Å². The van der Waals surface area contributed by atoms with E-state index in [2.05, 4.69) is 138 Å². The van der Waals surface area contributed by atoms with Crippen molar-refractivity contribution in [2.24, 2.45) is 23.7 Å². The van der Waals surface area contributed by atoms with Crippen molar-refractivity contribution in [2.75, 3.05) is 0 Å². The van der Waals surface area contributed by atoms with E-state index in [9.17, 15) is 0 Å². The fourth-order valence-electron chi connectivity index (χ4n) is 21.5. The Morgan fingerprint density at radius 1 is 0.380 bits per heavy atom. The average Bonchev–Trinajstić information content (AvgIpc) is 4.04. The van der Waals surface area contributed by atoms with E-state index in [0.29, 0.717) is 23.7 Å². The number of benzene rings is 7. The van der Waals surface area contributed by atoms with Gasteiger partial charge in [0.2, 0.25) is 0 Å². The second kappa shape index (κ2) is 11.6. The van der Waals surface area contributed by atoms with Crippen LogP contribution in [0.3, 0.4) is 0 Å². The maximum Gasteiger partial charge on any atom is 0.0767 e. The van der Waals surface area contributed by atoms with Gasteiger partial charge in [0.05, 0.1) is 27.7 Å². The van der Waals surface area contributed by atoms with Crippen molar-refractivity contribution in [3.05, 3.63) is 212 Å². The van der Waals surface area contributed by atoms with E-state index in [0.717, 1.165) is 23.7 Å². The highest BCUT2D eigenvalue weighted by atomic mass is 15.0. The van der Waals surface area contributed by atoms with E-state index >= 15 is 0 Å². The SMILES string of the molecule is c1ccc2c(c1)-c1ccccc1C21c2ccccc2-c2cc3c4c5c(cc6c4n4c7c(nc8c(c7c(c21)c34)C1CC2CC(CC8C2)C1)C1c2ccccc2C12c1ccccc1C62)C1CC2CC(C1)CC5C2. The van der Waals surface area contributed by atoms with Crippen LogP contribution in [-0.4, -0.2) is 9.38 Å². The van der Waals surface area contributed by atoms with Crippen LogP contribution in [0, 0.1) is 23.7 Å². The lowest BCUT2D eigenvalue weighted by atomic mass is 9.38. The lowest BCUT2D eigenvalue weighted by Crippen LogP contribution is -2.57. The van der Waals surface area contributed by atoms with Gasteiger partial charge >= 0.3 is 0 Å². The molecule has 10 aromatic rings. The summed E-state index contributed by atoms with van der Waals surface area (Å²) >= 11 is 0. The molecule has 8 bridgehead atoms. The van der Waals surface area contributed by atoms with Crippen LogP contribution in [-0.2, 0) is 10.8 Å². The largest absolute Gasteiger partial charge is 0.306 e. The molecule has 13 aliphatic rings. The Labute approximate surface area is 413 Å². The summed E-state index contributed by atoms with van der Waals surface area (Å²) in [5, 5.41) is 6.38. The molecule has 23 rings (SSSR count). The van der Waals surface area contributed by atoms with Gasteiger partial charge in [0.15, 0.2) is 0 Å². The van der Waals surface area contributed by atoms with E-state index in [1.807, 2.05) is 0 Å². The van der Waals surface area contributed by atoms with Crippen molar-refractivity contribution in [1.29, 1.82) is 0 Å². The predicted molar refractivity (Wildman–Crippen MR) is 284 cm³/mol. The Bertz CT molecular complexity index is 4170. The molecule has 0 saturated heterocycles. The first-order chi connectivity index (χ1) is 35.2. The van der Waals surface area contributed by atoms with Crippen molar-refractivity contribution < 1.29 is 0 Å². The normalized spacial score (nSPS) is 31.8. The summed E-state index contributed by atoms with van der Waals surface area (Å²) in [6, 6.07) is 54.2. The fraction of sp³-hybridized carbons (Fsp3) is 0.319. The molecule has 4 saturated carbocycles. The third-order valence-electron chi connectivity index (χ3n) is 23.0. The minimum Gasteiger partial charge on any atom is -0.306 e. The maximum absolute atomic E-state index is 6.53. The average molecular weight is 909 g/mol. The van der Waals surface area contributed by atoms with E-state index in [-0.39, 0.29) is 17.3 Å². The van der Waals surface area contributed by atoms with Crippen molar-refractivity contribution in [3.63, 3.8) is 0 Å². The van der Waals surface area contributed by atoms with Gasteiger partial charge in [0.25, 0.3) is 0 Å². The Hall–Kier alpha value is -6.51. The predicted octanol–water partition coefficient (Wildman–Crippen LogP) is 16.2. The summed E-state index contributed by atoms with van der Waals surface area (Å²) in [4.78, 5) is 6.53. The van der Waals surface area contributed by atoms with Gasteiger partial charge in [0, 0.05) is 50.4 Å². The van der Waals surface area contributed by atoms with Gasteiger partial charge in [-0.25, -0.2) is 0 Å². The van der Waals surface area contributed by atoms with Gasteiger partial charge in [-0.05, 0) is 201 Å². The lowest BCUT2D eigenvalue weighted by molar-refractivity contribution is 0.165. The van der Waals surface area contributed by atoms with Crippen molar-refractivity contribution >= 4 is 38.1 Å². The quantitative estimate of drug-likeness (QED) is 0.148.